The second-order valence-corrected chi connectivity index (χ2v) is 9.59. The van der Waals surface area contributed by atoms with Gasteiger partial charge in [0, 0.05) is 17.5 Å². The highest BCUT2D eigenvalue weighted by Crippen LogP contribution is 2.43. The van der Waals surface area contributed by atoms with E-state index in [1.165, 1.54) is 31.0 Å². The summed E-state index contributed by atoms with van der Waals surface area (Å²) in [4.78, 5) is 42.6. The van der Waals surface area contributed by atoms with Crippen molar-refractivity contribution in [3.63, 3.8) is 0 Å². The van der Waals surface area contributed by atoms with E-state index in [0.717, 1.165) is 16.7 Å². The molecule has 12 heteroatoms. The molecule has 0 saturated carbocycles. The number of fused-ring (bicyclic) bond motifs is 1. The van der Waals surface area contributed by atoms with Crippen molar-refractivity contribution < 1.29 is 34.4 Å². The van der Waals surface area contributed by atoms with E-state index in [0.29, 0.717) is 16.3 Å². The van der Waals surface area contributed by atoms with Crippen LogP contribution in [0.1, 0.15) is 11.7 Å². The second-order valence-electron chi connectivity index (χ2n) is 7.39. The zero-order chi connectivity index (χ0) is 24.4. The lowest BCUT2D eigenvalue weighted by Gasteiger charge is -2.49. The Morgan fingerprint density at radius 1 is 1.24 bits per heavy atom. The van der Waals surface area contributed by atoms with Crippen LogP contribution in [-0.4, -0.2) is 72.7 Å². The average Bonchev–Trinajstić information content (AvgIpc) is 2.86. The van der Waals surface area contributed by atoms with Gasteiger partial charge in [0.05, 0.1) is 12.1 Å². The fourth-order valence-corrected chi connectivity index (χ4v) is 5.93. The van der Waals surface area contributed by atoms with E-state index in [2.05, 4.69) is 10.3 Å². The van der Waals surface area contributed by atoms with Crippen molar-refractivity contribution in [3.8, 4) is 5.75 Å². The number of nitrogens with one attached hydrogen (secondary N) is 1. The molecule has 0 spiro atoms. The van der Waals surface area contributed by atoms with Gasteiger partial charge >= 0.3 is 5.97 Å². The van der Waals surface area contributed by atoms with Gasteiger partial charge in [-0.3, -0.25) is 14.5 Å². The maximum absolute atomic E-state index is 12.8. The summed E-state index contributed by atoms with van der Waals surface area (Å²) in [6.07, 6.45) is 0.0442. The standard InChI is InChI=1S/C22H21N3O7S2/c1-32-12-7-5-11(6-8-12)17(26)18(27)24-15-19(28)25-16(21(29)30)13(10-33-20(15)25)22(31)34-14-4-2-3-9-23-14/h2-9,15,17,20,22,26,31H,10H2,1H3,(H,24,27)(H,29,30)/t15?,17?,20-,22?/m0/s1. The topological polar surface area (TPSA) is 149 Å². The van der Waals surface area contributed by atoms with Gasteiger partial charge < -0.3 is 25.4 Å². The summed E-state index contributed by atoms with van der Waals surface area (Å²) in [5, 5.41) is 33.1. The van der Waals surface area contributed by atoms with Gasteiger partial charge in [0.15, 0.2) is 6.10 Å². The molecule has 3 unspecified atom stereocenters. The van der Waals surface area contributed by atoms with E-state index in [-0.39, 0.29) is 17.0 Å². The highest BCUT2D eigenvalue weighted by molar-refractivity contribution is 8.01. The molecular weight excluding hydrogens is 482 g/mol. The third kappa shape index (κ3) is 4.62. The summed E-state index contributed by atoms with van der Waals surface area (Å²) in [7, 11) is 1.50. The number of rotatable bonds is 8. The number of aliphatic carboxylic acids is 1. The summed E-state index contributed by atoms with van der Waals surface area (Å²) in [6.45, 7) is 0. The number of carbonyl (C=O) groups excluding carboxylic acids is 2. The molecule has 0 bridgehead atoms. The Kier molecular flexibility index (Phi) is 7.12. The largest absolute Gasteiger partial charge is 0.497 e. The number of pyridine rings is 1. The third-order valence-corrected chi connectivity index (χ3v) is 7.64. The first-order valence-electron chi connectivity index (χ1n) is 10.1. The van der Waals surface area contributed by atoms with E-state index < -0.39 is 40.7 Å². The Bertz CT molecular complexity index is 1130. The maximum atomic E-state index is 12.8. The molecule has 2 aromatic rings. The van der Waals surface area contributed by atoms with Crippen LogP contribution in [0.15, 0.2) is 65.0 Å². The lowest BCUT2D eigenvalue weighted by atomic mass is 10.0. The van der Waals surface area contributed by atoms with Crippen LogP contribution in [0.25, 0.3) is 0 Å². The fourth-order valence-electron chi connectivity index (χ4n) is 3.60. The van der Waals surface area contributed by atoms with Gasteiger partial charge in [0.1, 0.15) is 28.3 Å². The third-order valence-electron chi connectivity index (χ3n) is 5.35. The lowest BCUT2D eigenvalue weighted by molar-refractivity contribution is -0.151. The van der Waals surface area contributed by atoms with Crippen LogP contribution < -0.4 is 10.1 Å². The predicted octanol–water partition coefficient (Wildman–Crippen LogP) is 0.973. The van der Waals surface area contributed by atoms with Crippen LogP contribution in [0.5, 0.6) is 5.75 Å². The van der Waals surface area contributed by atoms with Crippen LogP contribution in [-0.2, 0) is 14.4 Å². The Balaban J connectivity index is 1.47. The minimum absolute atomic E-state index is 0.143. The molecule has 10 nitrogen and oxygen atoms in total. The number of amides is 2. The van der Waals surface area contributed by atoms with Crippen LogP contribution in [0.3, 0.4) is 0 Å². The van der Waals surface area contributed by atoms with E-state index in [4.69, 9.17) is 4.74 Å². The second kappa shape index (κ2) is 10.1. The molecule has 4 atom stereocenters. The number of aliphatic hydroxyl groups excluding tert-OH is 2. The smallest absolute Gasteiger partial charge is 0.352 e. The minimum atomic E-state index is -1.51. The number of hydrogen-bond donors (Lipinski definition) is 4. The highest BCUT2D eigenvalue weighted by Gasteiger charge is 2.55. The Morgan fingerprint density at radius 2 is 1.97 bits per heavy atom. The summed E-state index contributed by atoms with van der Waals surface area (Å²) in [5.41, 5.74) is -1.01. The minimum Gasteiger partial charge on any atom is -0.497 e. The summed E-state index contributed by atoms with van der Waals surface area (Å²) in [5.74, 6) is -2.05. The van der Waals surface area contributed by atoms with Crippen LogP contribution in [0.2, 0.25) is 0 Å². The molecule has 2 aliphatic heterocycles. The maximum Gasteiger partial charge on any atom is 0.352 e. The van der Waals surface area contributed by atoms with E-state index in [1.54, 1.807) is 36.5 Å². The molecule has 2 aliphatic rings. The average molecular weight is 504 g/mol. The summed E-state index contributed by atoms with van der Waals surface area (Å²) in [6, 6.07) is 10.4. The molecule has 3 heterocycles. The molecule has 1 saturated heterocycles. The number of thioether (sulfide) groups is 2. The molecule has 4 N–H and O–H groups in total. The zero-order valence-corrected chi connectivity index (χ0v) is 19.5. The quantitative estimate of drug-likeness (QED) is 0.233. The van der Waals surface area contributed by atoms with E-state index in [1.807, 2.05) is 0 Å². The molecule has 0 radical (unpaired) electrons. The van der Waals surface area contributed by atoms with Gasteiger partial charge in [-0.05, 0) is 29.8 Å². The van der Waals surface area contributed by atoms with E-state index in [9.17, 15) is 29.7 Å². The molecule has 2 amide bonds. The first kappa shape index (κ1) is 24.1. The predicted molar refractivity (Wildman–Crippen MR) is 124 cm³/mol. The number of β-lactam (4-membered cyclic amide) rings is 1. The van der Waals surface area contributed by atoms with Crippen molar-refractivity contribution in [3.05, 3.63) is 65.5 Å². The Hall–Kier alpha value is -3.06. The number of carbonyl (C=O) groups is 3. The lowest BCUT2D eigenvalue weighted by Crippen LogP contribution is -2.71. The molecule has 1 fully saturated rings. The number of hydrogen-bond acceptors (Lipinski definition) is 9. The van der Waals surface area contributed by atoms with Crippen molar-refractivity contribution >= 4 is 41.3 Å². The number of carboxylic acids is 1. The SMILES string of the molecule is COc1ccc(C(O)C(=O)NC2C(=O)N3C(C(=O)O)=C(C(O)Sc4ccccn4)CS[C@@H]23)cc1. The van der Waals surface area contributed by atoms with Gasteiger partial charge in [-0.15, -0.1) is 11.8 Å². The number of carboxylic acid groups (broad SMARTS) is 1. The van der Waals surface area contributed by atoms with Gasteiger partial charge in [0.2, 0.25) is 0 Å². The van der Waals surface area contributed by atoms with Gasteiger partial charge in [0.25, 0.3) is 11.8 Å². The number of benzene rings is 1. The monoisotopic (exact) mass is 503 g/mol. The molecular formula is C22H21N3O7S2. The van der Waals surface area contributed by atoms with E-state index >= 15 is 0 Å². The number of methoxy groups -OCH3 is 1. The normalized spacial score (nSPS) is 21.3. The first-order chi connectivity index (χ1) is 16.3. The van der Waals surface area contributed by atoms with Crippen LogP contribution >= 0.6 is 23.5 Å². The van der Waals surface area contributed by atoms with Crippen molar-refractivity contribution in [2.45, 2.75) is 28.0 Å². The zero-order valence-electron chi connectivity index (χ0n) is 17.8. The number of ether oxygens (including phenoxy) is 1. The molecule has 34 heavy (non-hydrogen) atoms. The van der Waals surface area contributed by atoms with Gasteiger partial charge in [-0.25, -0.2) is 9.78 Å². The van der Waals surface area contributed by atoms with Gasteiger partial charge in [-0.2, -0.15) is 0 Å². The van der Waals surface area contributed by atoms with Crippen molar-refractivity contribution in [2.75, 3.05) is 12.9 Å². The van der Waals surface area contributed by atoms with Crippen LogP contribution in [0.4, 0.5) is 0 Å². The number of aromatic nitrogens is 1. The van der Waals surface area contributed by atoms with Crippen LogP contribution in [0, 0.1) is 0 Å². The highest BCUT2D eigenvalue weighted by atomic mass is 32.2. The summed E-state index contributed by atoms with van der Waals surface area (Å²) >= 11 is 2.20. The first-order valence-corrected chi connectivity index (χ1v) is 12.0. The molecule has 0 aliphatic carbocycles. The Morgan fingerprint density at radius 3 is 2.59 bits per heavy atom. The molecule has 178 valence electrons. The molecule has 4 rings (SSSR count). The number of aliphatic hydroxyl groups is 2. The van der Waals surface area contributed by atoms with Gasteiger partial charge in [-0.1, -0.05) is 30.0 Å². The number of nitrogens with zero attached hydrogens (tertiary/aromatic N) is 2. The molecule has 1 aromatic carbocycles. The summed E-state index contributed by atoms with van der Waals surface area (Å²) < 4.78 is 5.05. The van der Waals surface area contributed by atoms with Crippen molar-refractivity contribution in [1.82, 2.24) is 15.2 Å². The fraction of sp³-hybridized carbons (Fsp3) is 0.273. The molecule has 1 aromatic heterocycles. The Labute approximate surface area is 203 Å². The van der Waals surface area contributed by atoms with Crippen molar-refractivity contribution in [2.24, 2.45) is 0 Å². The van der Waals surface area contributed by atoms with Crippen molar-refractivity contribution in [1.29, 1.82) is 0 Å².